The third kappa shape index (κ3) is 10.4. The molecule has 0 saturated carbocycles. The number of benzene rings is 1. The number of nitrogens with zero attached hydrogens (tertiary/aromatic N) is 1. The molecule has 1 aromatic carbocycles. The first kappa shape index (κ1) is 32.9. The number of rotatable bonds is 14. The summed E-state index contributed by atoms with van der Waals surface area (Å²) in [5.74, 6) is -2.98. The molecule has 222 valence electrons. The van der Waals surface area contributed by atoms with Gasteiger partial charge in [-0.2, -0.15) is 0 Å². The van der Waals surface area contributed by atoms with Crippen molar-refractivity contribution in [2.75, 3.05) is 6.54 Å². The molecule has 0 radical (unpaired) electrons. The zero-order valence-corrected chi connectivity index (χ0v) is 24.6. The van der Waals surface area contributed by atoms with Crippen molar-refractivity contribution in [3.8, 4) is 0 Å². The minimum absolute atomic E-state index is 0.0157. The monoisotopic (exact) mass is 557 g/mol. The molecule has 2 rings (SSSR count). The molecular weight excluding hydrogens is 510 g/mol. The molecule has 0 aliphatic carbocycles. The fraction of sp³-hybridized carbons (Fsp3) is 0.633. The highest BCUT2D eigenvalue weighted by atomic mass is 16.2. The Morgan fingerprint density at radius 3 is 2.33 bits per heavy atom. The minimum Gasteiger partial charge on any atom is -0.370 e. The van der Waals surface area contributed by atoms with E-state index in [1.807, 2.05) is 44.2 Å². The SMILES string of the molecule is CC[C@H](C)[C@H](NC(=O)[C@@H]1CCCN1)C(=O)N(C(=O)CCCc1ccccc1)[C@@H](CCC(N)=O)C(=O)NC(C)(C)C. The number of aryl methyl sites for hydroxylation is 1. The summed E-state index contributed by atoms with van der Waals surface area (Å²) in [4.78, 5) is 67.2. The average Bonchev–Trinajstić information content (AvgIpc) is 3.43. The zero-order chi connectivity index (χ0) is 29.9. The highest BCUT2D eigenvalue weighted by molar-refractivity contribution is 6.04. The van der Waals surface area contributed by atoms with Gasteiger partial charge >= 0.3 is 0 Å². The number of hydrogen-bond donors (Lipinski definition) is 4. The largest absolute Gasteiger partial charge is 0.370 e. The van der Waals surface area contributed by atoms with Crippen LogP contribution in [0.3, 0.4) is 0 Å². The number of hydrogen-bond acceptors (Lipinski definition) is 6. The van der Waals surface area contributed by atoms with E-state index in [1.165, 1.54) is 0 Å². The van der Waals surface area contributed by atoms with E-state index in [9.17, 15) is 24.0 Å². The van der Waals surface area contributed by atoms with Crippen LogP contribution in [0.15, 0.2) is 30.3 Å². The molecule has 5 N–H and O–H groups in total. The third-order valence-corrected chi connectivity index (χ3v) is 7.14. The molecule has 40 heavy (non-hydrogen) atoms. The van der Waals surface area contributed by atoms with E-state index in [2.05, 4.69) is 16.0 Å². The predicted molar refractivity (Wildman–Crippen MR) is 154 cm³/mol. The van der Waals surface area contributed by atoms with Crippen LogP contribution in [0.2, 0.25) is 0 Å². The first-order valence-electron chi connectivity index (χ1n) is 14.4. The van der Waals surface area contributed by atoms with Crippen molar-refractivity contribution in [2.24, 2.45) is 11.7 Å². The normalized spacial score (nSPS) is 17.4. The second-order valence-electron chi connectivity index (χ2n) is 11.7. The topological polar surface area (TPSA) is 151 Å². The fourth-order valence-corrected chi connectivity index (χ4v) is 4.76. The summed E-state index contributed by atoms with van der Waals surface area (Å²) >= 11 is 0. The number of nitrogens with one attached hydrogen (secondary N) is 3. The molecule has 10 nitrogen and oxygen atoms in total. The molecule has 1 aliphatic rings. The highest BCUT2D eigenvalue weighted by Gasteiger charge is 2.41. The molecular formula is C30H47N5O5. The van der Waals surface area contributed by atoms with E-state index in [-0.39, 0.29) is 31.1 Å². The fourth-order valence-electron chi connectivity index (χ4n) is 4.76. The standard InChI is InChI=1S/C30H47N5O5/c1-6-20(2)26(33-27(38)22-15-11-19-32-22)29(40)35(25(37)16-10-14-21-12-8-7-9-13-21)23(17-18-24(31)36)28(39)34-30(3,4)5/h7-9,12-13,20,22-23,26,32H,6,10-11,14-19H2,1-5H3,(H2,31,36)(H,33,38)(H,34,39)/t20-,22-,23-,26-/m0/s1. The Hall–Kier alpha value is -3.27. The van der Waals surface area contributed by atoms with Gasteiger partial charge in [-0.05, 0) is 70.9 Å². The lowest BCUT2D eigenvalue weighted by Gasteiger charge is -2.36. The van der Waals surface area contributed by atoms with Gasteiger partial charge in [-0.1, -0.05) is 50.6 Å². The van der Waals surface area contributed by atoms with E-state index >= 15 is 0 Å². The van der Waals surface area contributed by atoms with Gasteiger partial charge in [0.15, 0.2) is 0 Å². The van der Waals surface area contributed by atoms with Crippen molar-refractivity contribution >= 4 is 29.5 Å². The van der Waals surface area contributed by atoms with Crippen LogP contribution in [-0.4, -0.2) is 64.6 Å². The molecule has 4 atom stereocenters. The lowest BCUT2D eigenvalue weighted by Crippen LogP contribution is -2.61. The maximum Gasteiger partial charge on any atom is 0.252 e. The van der Waals surface area contributed by atoms with Crippen LogP contribution in [0.1, 0.15) is 85.1 Å². The van der Waals surface area contributed by atoms with Gasteiger partial charge in [-0.25, -0.2) is 0 Å². The average molecular weight is 558 g/mol. The minimum atomic E-state index is -1.25. The van der Waals surface area contributed by atoms with E-state index in [4.69, 9.17) is 5.73 Å². The lowest BCUT2D eigenvalue weighted by molar-refractivity contribution is -0.155. The molecule has 1 aromatic rings. The molecule has 1 fully saturated rings. The van der Waals surface area contributed by atoms with Crippen LogP contribution in [0.25, 0.3) is 0 Å². The Morgan fingerprint density at radius 1 is 1.10 bits per heavy atom. The van der Waals surface area contributed by atoms with Crippen LogP contribution >= 0.6 is 0 Å². The number of carbonyl (C=O) groups excluding carboxylic acids is 5. The second kappa shape index (κ2) is 15.5. The van der Waals surface area contributed by atoms with Crippen molar-refractivity contribution in [1.82, 2.24) is 20.9 Å². The third-order valence-electron chi connectivity index (χ3n) is 7.14. The first-order chi connectivity index (χ1) is 18.8. The van der Waals surface area contributed by atoms with Gasteiger partial charge in [0.25, 0.3) is 5.91 Å². The van der Waals surface area contributed by atoms with Crippen molar-refractivity contribution < 1.29 is 24.0 Å². The van der Waals surface area contributed by atoms with Gasteiger partial charge in [0.2, 0.25) is 23.6 Å². The Labute approximate surface area is 238 Å². The highest BCUT2D eigenvalue weighted by Crippen LogP contribution is 2.20. The second-order valence-corrected chi connectivity index (χ2v) is 11.7. The number of nitrogens with two attached hydrogens (primary N) is 1. The summed E-state index contributed by atoms with van der Waals surface area (Å²) in [7, 11) is 0. The zero-order valence-electron chi connectivity index (χ0n) is 24.6. The Kier molecular flexibility index (Phi) is 12.8. The molecule has 0 spiro atoms. The van der Waals surface area contributed by atoms with Gasteiger partial charge in [-0.3, -0.25) is 28.9 Å². The summed E-state index contributed by atoms with van der Waals surface area (Å²) in [5.41, 5.74) is 5.81. The van der Waals surface area contributed by atoms with Gasteiger partial charge in [0, 0.05) is 18.4 Å². The molecule has 1 saturated heterocycles. The lowest BCUT2D eigenvalue weighted by atomic mass is 9.95. The van der Waals surface area contributed by atoms with E-state index in [1.54, 1.807) is 20.8 Å². The molecule has 5 amide bonds. The van der Waals surface area contributed by atoms with Crippen LogP contribution in [-0.2, 0) is 30.4 Å². The van der Waals surface area contributed by atoms with Gasteiger partial charge in [-0.15, -0.1) is 0 Å². The molecule has 0 aromatic heterocycles. The van der Waals surface area contributed by atoms with Crippen molar-refractivity contribution in [1.29, 1.82) is 0 Å². The van der Waals surface area contributed by atoms with E-state index < -0.39 is 47.3 Å². The van der Waals surface area contributed by atoms with Crippen molar-refractivity contribution in [3.05, 3.63) is 35.9 Å². The summed E-state index contributed by atoms with van der Waals surface area (Å²) in [6, 6.07) is 7.00. The van der Waals surface area contributed by atoms with Crippen LogP contribution < -0.4 is 21.7 Å². The maximum absolute atomic E-state index is 14.2. The van der Waals surface area contributed by atoms with Crippen molar-refractivity contribution in [3.63, 3.8) is 0 Å². The summed E-state index contributed by atoms with van der Waals surface area (Å²) in [6.07, 6.45) is 2.87. The predicted octanol–water partition coefficient (Wildman–Crippen LogP) is 2.20. The number of amides is 5. The molecule has 10 heteroatoms. The molecule has 1 heterocycles. The summed E-state index contributed by atoms with van der Waals surface area (Å²) < 4.78 is 0. The Bertz CT molecular complexity index is 1020. The molecule has 1 aliphatic heterocycles. The van der Waals surface area contributed by atoms with E-state index in [0.717, 1.165) is 16.9 Å². The van der Waals surface area contributed by atoms with Gasteiger partial charge in [0.05, 0.1) is 6.04 Å². The molecule has 0 bridgehead atoms. The van der Waals surface area contributed by atoms with Crippen LogP contribution in [0, 0.1) is 5.92 Å². The van der Waals surface area contributed by atoms with Crippen molar-refractivity contribution in [2.45, 2.75) is 110 Å². The van der Waals surface area contributed by atoms with E-state index in [0.29, 0.717) is 32.2 Å². The summed E-state index contributed by atoms with van der Waals surface area (Å²) in [6.45, 7) is 9.82. The van der Waals surface area contributed by atoms with Crippen LogP contribution in [0.5, 0.6) is 0 Å². The van der Waals surface area contributed by atoms with Gasteiger partial charge in [0.1, 0.15) is 12.1 Å². The number of primary amides is 1. The maximum atomic E-state index is 14.2. The Balaban J connectivity index is 2.41. The first-order valence-corrected chi connectivity index (χ1v) is 14.4. The quantitative estimate of drug-likeness (QED) is 0.275. The smallest absolute Gasteiger partial charge is 0.252 e. The molecule has 0 unspecified atom stereocenters. The Morgan fingerprint density at radius 2 is 1.77 bits per heavy atom. The number of carbonyl (C=O) groups is 5. The van der Waals surface area contributed by atoms with Crippen LogP contribution in [0.4, 0.5) is 0 Å². The summed E-state index contributed by atoms with van der Waals surface area (Å²) in [5, 5.41) is 8.85. The number of imide groups is 1. The van der Waals surface area contributed by atoms with Gasteiger partial charge < -0.3 is 21.7 Å².